The molecule has 1 rings (SSSR count). The summed E-state index contributed by atoms with van der Waals surface area (Å²) in [5.74, 6) is 0.134. The number of aliphatic hydroxyl groups is 1. The van der Waals surface area contributed by atoms with Gasteiger partial charge >= 0.3 is 0 Å². The van der Waals surface area contributed by atoms with Crippen LogP contribution in [0.2, 0.25) is 0 Å². The van der Waals surface area contributed by atoms with E-state index in [4.69, 9.17) is 0 Å². The fourth-order valence-corrected chi connectivity index (χ4v) is 1.95. The summed E-state index contributed by atoms with van der Waals surface area (Å²) >= 11 is 0. The Morgan fingerprint density at radius 3 is 2.80 bits per heavy atom. The number of carbonyl (C=O) groups is 1. The number of hydrogen-bond donors (Lipinski definition) is 1. The summed E-state index contributed by atoms with van der Waals surface area (Å²) in [6.07, 6.45) is 1.80. The summed E-state index contributed by atoms with van der Waals surface area (Å²) in [6, 6.07) is 0. The minimum Gasteiger partial charge on any atom is -0.389 e. The first kappa shape index (κ1) is 12.5. The summed E-state index contributed by atoms with van der Waals surface area (Å²) in [6.45, 7) is 6.50. The fourth-order valence-electron chi connectivity index (χ4n) is 1.95. The van der Waals surface area contributed by atoms with Crippen LogP contribution >= 0.6 is 0 Å². The van der Waals surface area contributed by atoms with Gasteiger partial charge in [-0.2, -0.15) is 0 Å². The molecular formula is C11H22N2O2. The van der Waals surface area contributed by atoms with Crippen LogP contribution in [0.4, 0.5) is 0 Å². The molecule has 0 aromatic carbocycles. The molecule has 1 aliphatic rings. The highest BCUT2D eigenvalue weighted by Gasteiger charge is 2.29. The molecule has 0 aromatic rings. The van der Waals surface area contributed by atoms with Crippen LogP contribution in [-0.2, 0) is 4.79 Å². The first-order valence-electron chi connectivity index (χ1n) is 5.63. The highest BCUT2D eigenvalue weighted by atomic mass is 16.3. The standard InChI is InChI=1S/C11H22N2O2/c1-4-12(3)10(14)8-13-7-5-6-11(2,15)9-13/h15H,4-9H2,1-3H3. The van der Waals surface area contributed by atoms with E-state index in [1.54, 1.807) is 4.90 Å². The van der Waals surface area contributed by atoms with Gasteiger partial charge in [-0.15, -0.1) is 0 Å². The van der Waals surface area contributed by atoms with Gasteiger partial charge in [0.15, 0.2) is 0 Å². The second kappa shape index (κ2) is 4.94. The Labute approximate surface area is 91.9 Å². The Morgan fingerprint density at radius 2 is 2.27 bits per heavy atom. The predicted molar refractivity (Wildman–Crippen MR) is 59.6 cm³/mol. The van der Waals surface area contributed by atoms with Gasteiger partial charge in [-0.25, -0.2) is 0 Å². The zero-order valence-electron chi connectivity index (χ0n) is 9.99. The lowest BCUT2D eigenvalue weighted by atomic mass is 9.95. The largest absolute Gasteiger partial charge is 0.389 e. The molecule has 0 aromatic heterocycles. The van der Waals surface area contributed by atoms with Crippen molar-refractivity contribution in [3.05, 3.63) is 0 Å². The highest BCUT2D eigenvalue weighted by molar-refractivity contribution is 5.77. The number of hydrogen-bond acceptors (Lipinski definition) is 3. The quantitative estimate of drug-likeness (QED) is 0.735. The number of carbonyl (C=O) groups excluding carboxylic acids is 1. The van der Waals surface area contributed by atoms with Crippen molar-refractivity contribution < 1.29 is 9.90 Å². The second-order valence-corrected chi connectivity index (χ2v) is 4.72. The van der Waals surface area contributed by atoms with Gasteiger partial charge in [0, 0.05) is 20.1 Å². The number of amides is 1. The second-order valence-electron chi connectivity index (χ2n) is 4.72. The lowest BCUT2D eigenvalue weighted by Crippen LogP contribution is -2.49. The average molecular weight is 214 g/mol. The van der Waals surface area contributed by atoms with Crippen molar-refractivity contribution in [3.63, 3.8) is 0 Å². The Bertz CT molecular complexity index is 229. The molecule has 1 aliphatic heterocycles. The van der Waals surface area contributed by atoms with Crippen molar-refractivity contribution in [1.82, 2.24) is 9.80 Å². The first-order chi connectivity index (χ1) is 6.94. The van der Waals surface area contributed by atoms with E-state index in [2.05, 4.69) is 0 Å². The molecule has 1 atom stereocenters. The SMILES string of the molecule is CCN(C)C(=O)CN1CCCC(C)(O)C1. The Hall–Kier alpha value is -0.610. The van der Waals surface area contributed by atoms with E-state index in [0.29, 0.717) is 13.1 Å². The number of nitrogens with zero attached hydrogens (tertiary/aromatic N) is 2. The van der Waals surface area contributed by atoms with Gasteiger partial charge in [0.05, 0.1) is 12.1 Å². The zero-order valence-corrected chi connectivity index (χ0v) is 9.99. The van der Waals surface area contributed by atoms with Crippen molar-refractivity contribution in [2.45, 2.75) is 32.3 Å². The van der Waals surface area contributed by atoms with Crippen LogP contribution in [0.3, 0.4) is 0 Å². The van der Waals surface area contributed by atoms with E-state index in [0.717, 1.165) is 25.9 Å². The van der Waals surface area contributed by atoms with Crippen LogP contribution in [0.15, 0.2) is 0 Å². The van der Waals surface area contributed by atoms with Gasteiger partial charge < -0.3 is 10.0 Å². The van der Waals surface area contributed by atoms with E-state index in [1.807, 2.05) is 25.8 Å². The summed E-state index contributed by atoms with van der Waals surface area (Å²) in [4.78, 5) is 15.4. The molecule has 1 heterocycles. The van der Waals surface area contributed by atoms with Gasteiger partial charge in [0.1, 0.15) is 0 Å². The Morgan fingerprint density at radius 1 is 1.60 bits per heavy atom. The van der Waals surface area contributed by atoms with Crippen molar-refractivity contribution >= 4 is 5.91 Å². The first-order valence-corrected chi connectivity index (χ1v) is 5.63. The van der Waals surface area contributed by atoms with E-state index in [9.17, 15) is 9.90 Å². The van der Waals surface area contributed by atoms with Crippen molar-refractivity contribution in [2.75, 3.05) is 33.2 Å². The Kier molecular flexibility index (Phi) is 4.11. The van der Waals surface area contributed by atoms with Gasteiger partial charge in [0.2, 0.25) is 5.91 Å². The maximum Gasteiger partial charge on any atom is 0.236 e. The third-order valence-electron chi connectivity index (χ3n) is 3.01. The molecule has 1 fully saturated rings. The van der Waals surface area contributed by atoms with Crippen LogP contribution in [-0.4, -0.2) is 59.6 Å². The zero-order chi connectivity index (χ0) is 11.5. The maximum atomic E-state index is 11.7. The average Bonchev–Trinajstić information content (AvgIpc) is 2.14. The molecule has 0 spiro atoms. The van der Waals surface area contributed by atoms with Crippen LogP contribution in [0, 0.1) is 0 Å². The number of rotatable bonds is 3. The van der Waals surface area contributed by atoms with Gasteiger partial charge in [0.25, 0.3) is 0 Å². The van der Waals surface area contributed by atoms with E-state index < -0.39 is 5.60 Å². The van der Waals surface area contributed by atoms with Crippen molar-refractivity contribution in [2.24, 2.45) is 0 Å². The summed E-state index contributed by atoms with van der Waals surface area (Å²) in [5.41, 5.74) is -0.622. The molecule has 0 bridgehead atoms. The number of likely N-dealkylation sites (N-methyl/N-ethyl adjacent to an activating group) is 1. The molecule has 15 heavy (non-hydrogen) atoms. The fraction of sp³-hybridized carbons (Fsp3) is 0.909. The third-order valence-corrected chi connectivity index (χ3v) is 3.01. The number of β-amino-alcohol motifs (C(OH)–C–C–N with tert-alkyl or cyclic N) is 1. The molecule has 0 aliphatic carbocycles. The molecule has 1 N–H and O–H groups in total. The topological polar surface area (TPSA) is 43.8 Å². The van der Waals surface area contributed by atoms with Crippen molar-refractivity contribution in [1.29, 1.82) is 0 Å². The summed E-state index contributed by atoms with van der Waals surface area (Å²) in [5, 5.41) is 9.89. The van der Waals surface area contributed by atoms with Crippen LogP contribution < -0.4 is 0 Å². The Balaban J connectivity index is 2.41. The molecule has 1 amide bonds. The van der Waals surface area contributed by atoms with Crippen LogP contribution in [0.5, 0.6) is 0 Å². The monoisotopic (exact) mass is 214 g/mol. The minimum absolute atomic E-state index is 0.134. The molecule has 4 nitrogen and oxygen atoms in total. The molecule has 0 radical (unpaired) electrons. The van der Waals surface area contributed by atoms with E-state index >= 15 is 0 Å². The molecule has 1 unspecified atom stereocenters. The molecule has 0 saturated carbocycles. The van der Waals surface area contributed by atoms with Crippen molar-refractivity contribution in [3.8, 4) is 0 Å². The predicted octanol–water partition coefficient (Wildman–Crippen LogP) is 0.311. The normalized spacial score (nSPS) is 27.7. The minimum atomic E-state index is -0.622. The van der Waals surface area contributed by atoms with Crippen LogP contribution in [0.1, 0.15) is 26.7 Å². The van der Waals surface area contributed by atoms with E-state index in [-0.39, 0.29) is 5.91 Å². The number of likely N-dealkylation sites (tertiary alicyclic amines) is 1. The molecular weight excluding hydrogens is 192 g/mol. The maximum absolute atomic E-state index is 11.7. The highest BCUT2D eigenvalue weighted by Crippen LogP contribution is 2.19. The van der Waals surface area contributed by atoms with Gasteiger partial charge in [-0.05, 0) is 33.2 Å². The number of piperidine rings is 1. The van der Waals surface area contributed by atoms with Crippen LogP contribution in [0.25, 0.3) is 0 Å². The molecule has 1 saturated heterocycles. The molecule has 4 heteroatoms. The van der Waals surface area contributed by atoms with E-state index in [1.165, 1.54) is 0 Å². The third kappa shape index (κ3) is 3.80. The van der Waals surface area contributed by atoms with Gasteiger partial charge in [-0.3, -0.25) is 9.69 Å². The summed E-state index contributed by atoms with van der Waals surface area (Å²) in [7, 11) is 1.81. The smallest absolute Gasteiger partial charge is 0.236 e. The lowest BCUT2D eigenvalue weighted by Gasteiger charge is -2.36. The summed E-state index contributed by atoms with van der Waals surface area (Å²) < 4.78 is 0. The molecule has 88 valence electrons. The lowest BCUT2D eigenvalue weighted by molar-refractivity contribution is -0.132. The van der Waals surface area contributed by atoms with Gasteiger partial charge in [-0.1, -0.05) is 0 Å².